The summed E-state index contributed by atoms with van der Waals surface area (Å²) in [6.45, 7) is 5.44. The van der Waals surface area contributed by atoms with Crippen molar-refractivity contribution < 1.29 is 28.6 Å². The van der Waals surface area contributed by atoms with E-state index in [-0.39, 0.29) is 33.8 Å². The average molecular weight is 479 g/mol. The van der Waals surface area contributed by atoms with Gasteiger partial charge in [-0.15, -0.1) is 0 Å². The summed E-state index contributed by atoms with van der Waals surface area (Å²) in [6.07, 6.45) is 1.95. The molecule has 0 amide bonds. The number of halogens is 1. The number of rotatable bonds is 7. The van der Waals surface area contributed by atoms with Gasteiger partial charge in [-0.2, -0.15) is 10.5 Å². The molecular weight excluding hydrogens is 452 g/mol. The Labute approximate surface area is 195 Å². The van der Waals surface area contributed by atoms with E-state index in [1.165, 1.54) is 25.3 Å². The predicted molar refractivity (Wildman–Crippen MR) is 129 cm³/mol. The lowest BCUT2D eigenvalue weighted by atomic mass is 9.93. The van der Waals surface area contributed by atoms with Crippen molar-refractivity contribution in [2.24, 2.45) is 0 Å². The van der Waals surface area contributed by atoms with Gasteiger partial charge in [0.1, 0.15) is 12.2 Å². The number of carbonyl (C=O) groups is 3. The lowest BCUT2D eigenvalue weighted by Crippen LogP contribution is -2.24. The van der Waals surface area contributed by atoms with Gasteiger partial charge in [0.05, 0.1) is 23.8 Å². The smallest absolute Gasteiger partial charge is 0.339 e. The highest BCUT2D eigenvalue weighted by molar-refractivity contribution is 8.13. The number of esters is 3. The summed E-state index contributed by atoms with van der Waals surface area (Å²) >= 11 is 6.17. The van der Waals surface area contributed by atoms with Crippen LogP contribution in [0.2, 0.25) is 5.02 Å². The van der Waals surface area contributed by atoms with Crippen LogP contribution in [0.15, 0.2) is 36.4 Å². The van der Waals surface area contributed by atoms with Crippen LogP contribution in [-0.2, 0) is 14.2 Å². The lowest BCUT2D eigenvalue weighted by Gasteiger charge is -2.21. The van der Waals surface area contributed by atoms with Crippen molar-refractivity contribution in [3.8, 4) is 11.1 Å². The molecule has 2 rings (SSSR count). The predicted octanol–water partition coefficient (Wildman–Crippen LogP) is 5.24. The van der Waals surface area contributed by atoms with Crippen molar-refractivity contribution in [1.82, 2.24) is 0 Å². The van der Waals surface area contributed by atoms with Crippen LogP contribution in [0.3, 0.4) is 0 Å². The van der Waals surface area contributed by atoms with E-state index in [4.69, 9.17) is 25.8 Å². The van der Waals surface area contributed by atoms with Crippen LogP contribution < -0.4 is 0 Å². The minimum absolute atomic E-state index is 0.106. The van der Waals surface area contributed by atoms with Crippen molar-refractivity contribution in [3.05, 3.63) is 58.1 Å². The van der Waals surface area contributed by atoms with Gasteiger partial charge in [0.2, 0.25) is 0 Å². The summed E-state index contributed by atoms with van der Waals surface area (Å²) in [6, 6.07) is 9.14. The van der Waals surface area contributed by atoms with Gasteiger partial charge in [-0.05, 0) is 68.5 Å². The van der Waals surface area contributed by atoms with Gasteiger partial charge in [0.15, 0.2) is 0 Å². The molecule has 0 aliphatic carbocycles. The zero-order valence-corrected chi connectivity index (χ0v) is 20.4. The first kappa shape index (κ1) is 25.6. The van der Waals surface area contributed by atoms with E-state index in [9.17, 15) is 14.4 Å². The molecule has 0 aliphatic heterocycles. The first-order valence-electron chi connectivity index (χ1n) is 9.78. The summed E-state index contributed by atoms with van der Waals surface area (Å²) in [4.78, 5) is 37.9. The van der Waals surface area contributed by atoms with Crippen molar-refractivity contribution in [3.63, 3.8) is 0 Å². The van der Waals surface area contributed by atoms with E-state index >= 15 is 0 Å². The molecule has 0 aliphatic rings. The highest BCUT2D eigenvalue weighted by atomic mass is 35.5. The molecule has 0 N–H and O–H groups in total. The third-order valence-corrected chi connectivity index (χ3v) is 5.31. The highest BCUT2D eigenvalue weighted by Crippen LogP contribution is 2.32. The number of hydrogen-bond acceptors (Lipinski definition) is 6. The van der Waals surface area contributed by atoms with Crippen molar-refractivity contribution in [1.29, 1.82) is 0 Å². The molecule has 0 aromatic heterocycles. The van der Waals surface area contributed by atoms with Crippen molar-refractivity contribution >= 4 is 45.9 Å². The first-order chi connectivity index (χ1) is 14.9. The maximum atomic E-state index is 13.0. The van der Waals surface area contributed by atoms with Gasteiger partial charge in [0.25, 0.3) is 0 Å². The molecule has 172 valence electrons. The standard InChI is InChI=1S/C24H27ClO6S/c1-24(2,3)31-23(28)20-13-15(21(26)30-11-12-32(5)6)7-9-17(20)19-14-16(25)8-10-18(19)22(27)29-4/h7-10,13-14H,5,11-12H2,1-4,6H3. The molecule has 0 spiro atoms. The quantitative estimate of drug-likeness (QED) is 0.308. The van der Waals surface area contributed by atoms with Gasteiger partial charge >= 0.3 is 17.9 Å². The molecule has 0 heterocycles. The second kappa shape index (κ2) is 10.8. The van der Waals surface area contributed by atoms with E-state index in [1.54, 1.807) is 39.0 Å². The maximum Gasteiger partial charge on any atom is 0.339 e. The maximum absolute atomic E-state index is 13.0. The van der Waals surface area contributed by atoms with Crippen LogP contribution in [0, 0.1) is 0 Å². The Morgan fingerprint density at radius 2 is 1.66 bits per heavy atom. The lowest BCUT2D eigenvalue weighted by molar-refractivity contribution is 0.00701. The van der Waals surface area contributed by atoms with Gasteiger partial charge < -0.3 is 14.2 Å². The van der Waals surface area contributed by atoms with Gasteiger partial charge in [-0.25, -0.2) is 14.4 Å². The summed E-state index contributed by atoms with van der Waals surface area (Å²) < 4.78 is 15.7. The molecule has 2 aromatic rings. The Bertz CT molecular complexity index is 1050. The fourth-order valence-electron chi connectivity index (χ4n) is 2.80. The summed E-state index contributed by atoms with van der Waals surface area (Å²) in [5.41, 5.74) is 0.520. The third kappa shape index (κ3) is 6.93. The second-order valence-electron chi connectivity index (χ2n) is 8.07. The number of methoxy groups -OCH3 is 1. The van der Waals surface area contributed by atoms with Crippen LogP contribution >= 0.6 is 22.1 Å². The fraction of sp³-hybridized carbons (Fsp3) is 0.333. The topological polar surface area (TPSA) is 78.9 Å². The molecule has 32 heavy (non-hydrogen) atoms. The largest absolute Gasteiger partial charge is 0.465 e. The molecule has 0 saturated heterocycles. The molecular formula is C24H27ClO6S. The molecule has 0 bridgehead atoms. The normalized spacial score (nSPS) is 12.1. The minimum atomic E-state index is -0.768. The van der Waals surface area contributed by atoms with Crippen molar-refractivity contribution in [2.75, 3.05) is 25.7 Å². The van der Waals surface area contributed by atoms with E-state index in [1.807, 2.05) is 6.26 Å². The monoisotopic (exact) mass is 478 g/mol. The SMILES string of the molecule is C=S(C)CCOC(=O)c1ccc(-c2cc(Cl)ccc2C(=O)OC)c(C(=O)OC(C)(C)C)c1. The Balaban J connectivity index is 2.60. The molecule has 1 atom stereocenters. The fourth-order valence-corrected chi connectivity index (χ4v) is 3.34. The van der Waals surface area contributed by atoms with E-state index in [0.717, 1.165) is 0 Å². The van der Waals surface area contributed by atoms with Crippen LogP contribution in [0.5, 0.6) is 0 Å². The Morgan fingerprint density at radius 3 is 2.25 bits per heavy atom. The van der Waals surface area contributed by atoms with Gasteiger partial charge in [-0.1, -0.05) is 23.5 Å². The second-order valence-corrected chi connectivity index (χ2v) is 10.5. The molecule has 2 aromatic carbocycles. The number of ether oxygens (including phenoxy) is 3. The van der Waals surface area contributed by atoms with Crippen molar-refractivity contribution in [2.45, 2.75) is 26.4 Å². The number of hydrogen-bond donors (Lipinski definition) is 0. The molecule has 0 radical (unpaired) electrons. The Hall–Kier alpha value is -2.64. The summed E-state index contributed by atoms with van der Waals surface area (Å²) in [5.74, 6) is 2.74. The molecule has 6 nitrogen and oxygen atoms in total. The Kier molecular flexibility index (Phi) is 8.64. The van der Waals surface area contributed by atoms with Crippen LogP contribution in [-0.4, -0.2) is 55.1 Å². The summed E-state index contributed by atoms with van der Waals surface area (Å²) in [5, 5.41) is 0.370. The average Bonchev–Trinajstić information content (AvgIpc) is 2.71. The molecule has 0 saturated carbocycles. The Morgan fingerprint density at radius 1 is 0.969 bits per heavy atom. The molecule has 8 heteroatoms. The van der Waals surface area contributed by atoms with Crippen LogP contribution in [0.25, 0.3) is 11.1 Å². The summed E-state index contributed by atoms with van der Waals surface area (Å²) in [7, 11) is 1.16. The van der Waals surface area contributed by atoms with Crippen LogP contribution in [0.1, 0.15) is 51.8 Å². The van der Waals surface area contributed by atoms with Gasteiger partial charge in [-0.3, -0.25) is 0 Å². The van der Waals surface area contributed by atoms with Gasteiger partial charge in [0, 0.05) is 10.8 Å². The third-order valence-electron chi connectivity index (χ3n) is 4.22. The highest BCUT2D eigenvalue weighted by Gasteiger charge is 2.25. The molecule has 0 fully saturated rings. The van der Waals surface area contributed by atoms with E-state index in [0.29, 0.717) is 21.9 Å². The minimum Gasteiger partial charge on any atom is -0.465 e. The molecule has 1 unspecified atom stereocenters. The van der Waals surface area contributed by atoms with E-state index < -0.39 is 23.5 Å². The number of benzene rings is 2. The van der Waals surface area contributed by atoms with Crippen LogP contribution in [0.4, 0.5) is 0 Å². The number of carbonyl (C=O) groups excluding carboxylic acids is 3. The first-order valence-corrected chi connectivity index (χ1v) is 12.1. The zero-order valence-electron chi connectivity index (χ0n) is 18.8. The van der Waals surface area contributed by atoms with E-state index in [2.05, 4.69) is 5.87 Å². The zero-order chi connectivity index (χ0) is 24.1.